The number of carbonyl (C=O) groups is 1. The van der Waals surface area contributed by atoms with E-state index in [9.17, 15) is 36.9 Å². The van der Waals surface area contributed by atoms with Crippen molar-refractivity contribution >= 4 is 37.3 Å². The largest absolute Gasteiger partial charge is 0.393 e. The molecule has 1 aliphatic carbocycles. The van der Waals surface area contributed by atoms with Crippen LogP contribution in [0.2, 0.25) is 0 Å². The summed E-state index contributed by atoms with van der Waals surface area (Å²) < 4.78 is 61.2. The molecule has 280 valence electrons. The molecule has 1 saturated carbocycles. The minimum atomic E-state index is -4.29. The Kier molecular flexibility index (Phi) is 15.4. The van der Waals surface area contributed by atoms with E-state index < -0.39 is 44.3 Å². The van der Waals surface area contributed by atoms with E-state index in [2.05, 4.69) is 10.0 Å². The quantitative estimate of drug-likeness (QED) is 0.0992. The van der Waals surface area contributed by atoms with Gasteiger partial charge in [-0.15, -0.1) is 11.3 Å². The summed E-state index contributed by atoms with van der Waals surface area (Å²) in [6.45, 7) is 3.25. The molecule has 1 fully saturated rings. The lowest BCUT2D eigenvalue weighted by atomic mass is 9.85. The van der Waals surface area contributed by atoms with Gasteiger partial charge in [-0.05, 0) is 87.8 Å². The van der Waals surface area contributed by atoms with Crippen LogP contribution in [0.3, 0.4) is 0 Å². The van der Waals surface area contributed by atoms with Crippen molar-refractivity contribution in [3.8, 4) is 0 Å². The van der Waals surface area contributed by atoms with E-state index in [1.54, 1.807) is 7.11 Å². The molecule has 2 heterocycles. The highest BCUT2D eigenvalue weighted by atomic mass is 32.3. The summed E-state index contributed by atoms with van der Waals surface area (Å²) in [6, 6.07) is 10.9. The number of aryl methyl sites for hydroxylation is 1. The third-order valence-electron chi connectivity index (χ3n) is 9.57. The van der Waals surface area contributed by atoms with E-state index >= 15 is 0 Å². The summed E-state index contributed by atoms with van der Waals surface area (Å²) in [5.74, 6) is -0.944. The second kappa shape index (κ2) is 19.0. The Hall–Kier alpha value is -2.21. The van der Waals surface area contributed by atoms with Gasteiger partial charge in [-0.3, -0.25) is 4.79 Å². The number of nitrogens with zero attached hydrogens (tertiary/aromatic N) is 1. The Bertz CT molecular complexity index is 1620. The number of carbonyl (C=O) groups excluding carboxylic acids is 1. The van der Waals surface area contributed by atoms with E-state index in [-0.39, 0.29) is 45.8 Å². The molecule has 1 aromatic heterocycles. The van der Waals surface area contributed by atoms with Crippen LogP contribution in [0.5, 0.6) is 0 Å². The summed E-state index contributed by atoms with van der Waals surface area (Å²) in [7, 11) is -6.65. The number of amides is 1. The van der Waals surface area contributed by atoms with Crippen molar-refractivity contribution < 1.29 is 41.7 Å². The minimum Gasteiger partial charge on any atom is -0.393 e. The van der Waals surface area contributed by atoms with Crippen molar-refractivity contribution in [2.75, 3.05) is 33.4 Å². The Balaban J connectivity index is 1.24. The highest BCUT2D eigenvalue weighted by Gasteiger charge is 2.41. The number of rotatable bonds is 20. The Labute approximate surface area is 301 Å². The first kappa shape index (κ1) is 40.6. The number of likely N-dealkylation sites (N-methyl/N-ethyl adjacent to an activating group) is 1. The lowest BCUT2D eigenvalue weighted by Gasteiger charge is -2.32. The van der Waals surface area contributed by atoms with Crippen LogP contribution in [0.1, 0.15) is 81.9 Å². The number of ether oxygens (including phenoxy) is 1. The predicted octanol–water partition coefficient (Wildman–Crippen LogP) is 3.49. The van der Waals surface area contributed by atoms with Crippen molar-refractivity contribution in [1.29, 1.82) is 0 Å². The van der Waals surface area contributed by atoms with Crippen LogP contribution >= 0.6 is 11.3 Å². The second-order valence-corrected chi connectivity index (χ2v) is 18.3. The number of benzene rings is 1. The van der Waals surface area contributed by atoms with Crippen LogP contribution in [-0.2, 0) is 36.0 Å². The van der Waals surface area contributed by atoms with Crippen LogP contribution in [0.25, 0.3) is 0 Å². The Morgan fingerprint density at radius 2 is 1.86 bits per heavy atom. The maximum Gasteiger partial charge on any atom is 0.273 e. The number of hydrogen-bond donors (Lipinski definition) is 5. The van der Waals surface area contributed by atoms with Crippen molar-refractivity contribution in [2.45, 2.75) is 104 Å². The van der Waals surface area contributed by atoms with Crippen molar-refractivity contribution in [2.24, 2.45) is 11.8 Å². The molecule has 1 aromatic carbocycles. The lowest BCUT2D eigenvalue weighted by molar-refractivity contribution is -0.119. The monoisotopic (exact) mass is 755 g/mol. The zero-order valence-electron chi connectivity index (χ0n) is 28.9. The SMILES string of the molecule is CCN[C@@H]1CN(CCCOC)S(=O)(=O)c2sc(S(=O)(=O)NC(=O)CCC/C=C\C[C@@H]3[C@@H](CC[C@@H](O)CCc4ccccc4)[C@H](O)C[C@@H]3O)cc21. The number of fused-ring (bicyclic) bond motifs is 1. The second-order valence-electron chi connectivity index (χ2n) is 13.2. The topological polar surface area (TPSA) is 183 Å². The van der Waals surface area contributed by atoms with Gasteiger partial charge in [0.2, 0.25) is 5.91 Å². The van der Waals surface area contributed by atoms with Gasteiger partial charge >= 0.3 is 0 Å². The van der Waals surface area contributed by atoms with E-state index in [1.807, 2.05) is 49.4 Å². The fourth-order valence-corrected chi connectivity index (χ4v) is 11.8. The average molecular weight is 756 g/mol. The molecule has 0 spiro atoms. The third-order valence-corrected chi connectivity index (χ3v) is 15.0. The molecule has 2 aliphatic rings. The summed E-state index contributed by atoms with van der Waals surface area (Å²) in [5.41, 5.74) is 1.56. The maximum atomic E-state index is 13.3. The first-order valence-electron chi connectivity index (χ1n) is 17.5. The molecule has 1 amide bonds. The lowest BCUT2D eigenvalue weighted by Crippen LogP contribution is -2.43. The number of sulfonamides is 2. The molecule has 6 atom stereocenters. The normalized spacial score (nSPS) is 24.4. The first-order valence-corrected chi connectivity index (χ1v) is 21.3. The van der Waals surface area contributed by atoms with Gasteiger partial charge in [0.05, 0.1) is 18.3 Å². The molecule has 5 N–H and O–H groups in total. The van der Waals surface area contributed by atoms with E-state index in [4.69, 9.17) is 4.74 Å². The number of aliphatic hydroxyl groups is 3. The van der Waals surface area contributed by atoms with Crippen LogP contribution < -0.4 is 10.0 Å². The fourth-order valence-electron chi connectivity index (χ4n) is 6.89. The molecule has 0 saturated heterocycles. The van der Waals surface area contributed by atoms with Gasteiger partial charge in [0.15, 0.2) is 0 Å². The smallest absolute Gasteiger partial charge is 0.273 e. The summed E-state index contributed by atoms with van der Waals surface area (Å²) in [5, 5.41) is 35.0. The molecule has 4 rings (SSSR count). The van der Waals surface area contributed by atoms with Gasteiger partial charge in [0.25, 0.3) is 20.0 Å². The molecule has 0 unspecified atom stereocenters. The molecule has 12 nitrogen and oxygen atoms in total. The molecule has 1 aliphatic heterocycles. The maximum absolute atomic E-state index is 13.3. The van der Waals surface area contributed by atoms with Crippen LogP contribution in [0.4, 0.5) is 0 Å². The summed E-state index contributed by atoms with van der Waals surface area (Å²) in [4.78, 5) is 12.6. The summed E-state index contributed by atoms with van der Waals surface area (Å²) >= 11 is 0.650. The van der Waals surface area contributed by atoms with Crippen LogP contribution in [0, 0.1) is 11.8 Å². The van der Waals surface area contributed by atoms with E-state index in [1.165, 1.54) is 15.9 Å². The van der Waals surface area contributed by atoms with Crippen molar-refractivity contribution in [3.05, 3.63) is 59.7 Å². The number of unbranched alkanes of at least 4 members (excludes halogenated alkanes) is 1. The number of aliphatic hydroxyl groups excluding tert-OH is 3. The number of nitrogens with one attached hydrogen (secondary N) is 2. The number of allylic oxidation sites excluding steroid dienone is 2. The first-order chi connectivity index (χ1) is 23.9. The molecule has 2 aromatic rings. The fraction of sp³-hybridized carbons (Fsp3) is 0.629. The van der Waals surface area contributed by atoms with Gasteiger partial charge in [-0.2, -0.15) is 4.31 Å². The minimum absolute atomic E-state index is 0.0357. The predicted molar refractivity (Wildman–Crippen MR) is 193 cm³/mol. The highest BCUT2D eigenvalue weighted by Crippen LogP contribution is 2.41. The van der Waals surface area contributed by atoms with Gasteiger partial charge in [0.1, 0.15) is 8.42 Å². The number of methoxy groups -OCH3 is 1. The highest BCUT2D eigenvalue weighted by molar-refractivity contribution is 7.94. The van der Waals surface area contributed by atoms with Gasteiger partial charge in [0, 0.05) is 44.8 Å². The molecule has 0 radical (unpaired) electrons. The van der Waals surface area contributed by atoms with Crippen LogP contribution in [-0.4, -0.2) is 94.0 Å². The third kappa shape index (κ3) is 10.9. The zero-order chi connectivity index (χ0) is 36.3. The van der Waals surface area contributed by atoms with E-state index in [0.717, 1.165) is 6.42 Å². The molecular weight excluding hydrogens is 703 g/mol. The molecule has 50 heavy (non-hydrogen) atoms. The standard InChI is InChI=1S/C35H53N3O9S3/c1-3-36-30-24-38(20-11-21-47-2)50(45,46)35-29(30)22-34(48-35)49(43,44)37-33(42)15-10-5-4-9-14-27-28(32(41)23-31(27)40)19-18-26(39)17-16-25-12-7-6-8-13-25/h4,6-9,12-13,22,26-28,30-32,36,39-41H,3,5,10-11,14-21,23-24H2,1-2H3,(H,37,42)/b9-4-/t26-,27+,28+,30+,31-,32+/m0/s1. The Morgan fingerprint density at radius 1 is 1.12 bits per heavy atom. The van der Waals surface area contributed by atoms with Crippen molar-refractivity contribution in [1.82, 2.24) is 14.3 Å². The van der Waals surface area contributed by atoms with Gasteiger partial charge in [-0.1, -0.05) is 49.4 Å². The molecule has 0 bridgehead atoms. The number of thiophene rings is 1. The summed E-state index contributed by atoms with van der Waals surface area (Å²) in [6.07, 6.45) is 6.85. The molecule has 15 heteroatoms. The van der Waals surface area contributed by atoms with E-state index in [0.29, 0.717) is 81.4 Å². The van der Waals surface area contributed by atoms with Gasteiger partial charge in [-0.25, -0.2) is 21.6 Å². The average Bonchev–Trinajstić information content (AvgIpc) is 3.65. The number of hydrogen-bond acceptors (Lipinski definition) is 11. The van der Waals surface area contributed by atoms with Crippen LogP contribution in [0.15, 0.2) is 57.0 Å². The van der Waals surface area contributed by atoms with Crippen molar-refractivity contribution in [3.63, 3.8) is 0 Å². The Morgan fingerprint density at radius 3 is 2.58 bits per heavy atom. The van der Waals surface area contributed by atoms with Gasteiger partial charge < -0.3 is 25.4 Å². The zero-order valence-corrected chi connectivity index (χ0v) is 31.4. The molecular formula is C35H53N3O9S3.